The number of carbonyl (C=O) groups is 1. The molecule has 7 nitrogen and oxygen atoms in total. The van der Waals surface area contributed by atoms with Gasteiger partial charge in [0.2, 0.25) is 5.91 Å². The van der Waals surface area contributed by atoms with Crippen molar-refractivity contribution in [2.24, 2.45) is 4.99 Å². The molecule has 2 aromatic carbocycles. The third-order valence-electron chi connectivity index (χ3n) is 5.23. The van der Waals surface area contributed by atoms with Gasteiger partial charge >= 0.3 is 0 Å². The van der Waals surface area contributed by atoms with Crippen molar-refractivity contribution < 1.29 is 14.3 Å². The van der Waals surface area contributed by atoms with Crippen molar-refractivity contribution in [3.8, 4) is 11.5 Å². The lowest BCUT2D eigenvalue weighted by Crippen LogP contribution is -2.38. The number of nitrogens with one attached hydrogen (secondary N) is 3. The molecule has 2 aromatic rings. The number of carbonyl (C=O) groups excluding carboxylic acids is 1. The summed E-state index contributed by atoms with van der Waals surface area (Å²) in [4.78, 5) is 16.8. The van der Waals surface area contributed by atoms with Crippen LogP contribution in [0.5, 0.6) is 11.5 Å². The number of rotatable bonds is 10. The van der Waals surface area contributed by atoms with Gasteiger partial charge in [-0.05, 0) is 56.5 Å². The van der Waals surface area contributed by atoms with Gasteiger partial charge in [-0.2, -0.15) is 0 Å². The first-order valence-corrected chi connectivity index (χ1v) is 11.4. The van der Waals surface area contributed by atoms with Crippen LogP contribution in [0.3, 0.4) is 0 Å². The SMILES string of the molecule is CCNC(=NCC1CC(=O)Nc2ccccc21)NCCc1ccc(OCC)c(OCC)c1.I. The van der Waals surface area contributed by atoms with Crippen molar-refractivity contribution in [3.63, 3.8) is 0 Å². The monoisotopic (exact) mass is 566 g/mol. The molecule has 1 unspecified atom stereocenters. The summed E-state index contributed by atoms with van der Waals surface area (Å²) in [6, 6.07) is 14.0. The topological polar surface area (TPSA) is 84.0 Å². The average molecular weight is 566 g/mol. The Kier molecular flexibility index (Phi) is 11.3. The van der Waals surface area contributed by atoms with Gasteiger partial charge in [0.1, 0.15) is 0 Å². The number of ether oxygens (including phenoxy) is 2. The van der Waals surface area contributed by atoms with Crippen LogP contribution in [-0.4, -0.2) is 44.7 Å². The second-order valence-electron chi connectivity index (χ2n) is 7.58. The van der Waals surface area contributed by atoms with Crippen LogP contribution in [0, 0.1) is 0 Å². The van der Waals surface area contributed by atoms with E-state index in [2.05, 4.69) is 28.1 Å². The van der Waals surface area contributed by atoms with Crippen LogP contribution in [0.4, 0.5) is 5.69 Å². The number of guanidine groups is 1. The number of anilines is 1. The van der Waals surface area contributed by atoms with Crippen LogP contribution in [0.1, 0.15) is 44.2 Å². The summed E-state index contributed by atoms with van der Waals surface area (Å²) in [5.41, 5.74) is 3.20. The standard InChI is InChI=1S/C25H34N4O3.HI/c1-4-26-25(28-17-19-16-24(30)29-21-10-8-7-9-20(19)21)27-14-13-18-11-12-22(31-5-2)23(15-18)32-6-3;/h7-12,15,19H,4-6,13-14,16-17H2,1-3H3,(H,29,30)(H2,26,27,28);1H. The number of para-hydroxylation sites is 1. The van der Waals surface area contributed by atoms with Crippen LogP contribution >= 0.6 is 24.0 Å². The van der Waals surface area contributed by atoms with Crippen molar-refractivity contribution in [1.29, 1.82) is 0 Å². The number of nitrogens with zero attached hydrogens (tertiary/aromatic N) is 1. The quantitative estimate of drug-likeness (QED) is 0.227. The minimum Gasteiger partial charge on any atom is -0.490 e. The van der Waals surface area contributed by atoms with E-state index in [-0.39, 0.29) is 35.8 Å². The highest BCUT2D eigenvalue weighted by atomic mass is 127. The molecule has 0 saturated heterocycles. The zero-order valence-corrected chi connectivity index (χ0v) is 22.0. The van der Waals surface area contributed by atoms with Gasteiger partial charge in [0.25, 0.3) is 0 Å². The Balaban J connectivity index is 0.00000385. The summed E-state index contributed by atoms with van der Waals surface area (Å²) in [6.07, 6.45) is 1.28. The highest BCUT2D eigenvalue weighted by Crippen LogP contribution is 2.32. The van der Waals surface area contributed by atoms with Crippen molar-refractivity contribution in [3.05, 3.63) is 53.6 Å². The molecule has 8 heteroatoms. The number of hydrogen-bond donors (Lipinski definition) is 3. The molecule has 1 atom stereocenters. The molecule has 0 spiro atoms. The highest BCUT2D eigenvalue weighted by molar-refractivity contribution is 14.0. The van der Waals surface area contributed by atoms with Gasteiger partial charge in [-0.25, -0.2) is 0 Å². The summed E-state index contributed by atoms with van der Waals surface area (Å²) >= 11 is 0. The normalized spacial score (nSPS) is 15.1. The van der Waals surface area contributed by atoms with Crippen LogP contribution in [0.25, 0.3) is 0 Å². The second kappa shape index (κ2) is 13.9. The number of hydrogen-bond acceptors (Lipinski definition) is 4. The molecule has 0 saturated carbocycles. The van der Waals surface area contributed by atoms with Gasteiger partial charge in [0.15, 0.2) is 17.5 Å². The van der Waals surface area contributed by atoms with E-state index in [9.17, 15) is 4.79 Å². The molecule has 0 aliphatic carbocycles. The molecular formula is C25H35IN4O3. The van der Waals surface area contributed by atoms with Gasteiger partial charge in [0, 0.05) is 31.1 Å². The summed E-state index contributed by atoms with van der Waals surface area (Å²) in [6.45, 7) is 9.24. The first-order chi connectivity index (χ1) is 15.6. The van der Waals surface area contributed by atoms with Crippen molar-refractivity contribution in [1.82, 2.24) is 10.6 Å². The lowest BCUT2D eigenvalue weighted by atomic mass is 9.91. The smallest absolute Gasteiger partial charge is 0.225 e. The maximum absolute atomic E-state index is 12.1. The molecule has 1 heterocycles. The highest BCUT2D eigenvalue weighted by Gasteiger charge is 2.24. The van der Waals surface area contributed by atoms with Crippen molar-refractivity contribution in [2.75, 3.05) is 38.2 Å². The maximum atomic E-state index is 12.1. The van der Waals surface area contributed by atoms with E-state index in [1.807, 2.05) is 51.1 Å². The van der Waals surface area contributed by atoms with Crippen LogP contribution in [0.15, 0.2) is 47.5 Å². The number of fused-ring (bicyclic) bond motifs is 1. The maximum Gasteiger partial charge on any atom is 0.225 e. The molecular weight excluding hydrogens is 531 g/mol. The first kappa shape index (κ1) is 26.8. The average Bonchev–Trinajstić information content (AvgIpc) is 2.79. The van der Waals surface area contributed by atoms with Gasteiger partial charge in [-0.15, -0.1) is 24.0 Å². The molecule has 3 rings (SSSR count). The van der Waals surface area contributed by atoms with Crippen LogP contribution in [0.2, 0.25) is 0 Å². The lowest BCUT2D eigenvalue weighted by molar-refractivity contribution is -0.116. The van der Waals surface area contributed by atoms with E-state index < -0.39 is 0 Å². The molecule has 1 aliphatic rings. The Morgan fingerprint density at radius 1 is 1.06 bits per heavy atom. The number of amides is 1. The number of benzene rings is 2. The number of aliphatic imine (C=N–C) groups is 1. The largest absolute Gasteiger partial charge is 0.490 e. The molecule has 0 radical (unpaired) electrons. The minimum atomic E-state index is 0. The molecule has 1 aliphatic heterocycles. The Morgan fingerprint density at radius 2 is 1.82 bits per heavy atom. The van der Waals surface area contributed by atoms with Crippen molar-refractivity contribution in [2.45, 2.75) is 39.5 Å². The fourth-order valence-corrected chi connectivity index (χ4v) is 3.78. The van der Waals surface area contributed by atoms with Gasteiger partial charge < -0.3 is 25.4 Å². The summed E-state index contributed by atoms with van der Waals surface area (Å²) in [5, 5.41) is 9.64. The summed E-state index contributed by atoms with van der Waals surface area (Å²) in [5.74, 6) is 2.43. The zero-order valence-electron chi connectivity index (χ0n) is 19.6. The Hall–Kier alpha value is -2.49. The fraction of sp³-hybridized carbons (Fsp3) is 0.440. The van der Waals surface area contributed by atoms with E-state index in [0.717, 1.165) is 53.8 Å². The Morgan fingerprint density at radius 3 is 2.58 bits per heavy atom. The molecule has 0 aromatic heterocycles. The Bertz CT molecular complexity index is 936. The van der Waals surface area contributed by atoms with Gasteiger partial charge in [-0.1, -0.05) is 24.3 Å². The molecule has 0 bridgehead atoms. The van der Waals surface area contributed by atoms with Gasteiger partial charge in [-0.3, -0.25) is 9.79 Å². The van der Waals surface area contributed by atoms with E-state index in [0.29, 0.717) is 26.2 Å². The van der Waals surface area contributed by atoms with E-state index in [4.69, 9.17) is 14.5 Å². The zero-order chi connectivity index (χ0) is 22.8. The molecule has 0 fully saturated rings. The molecule has 3 N–H and O–H groups in total. The van der Waals surface area contributed by atoms with Crippen LogP contribution < -0.4 is 25.4 Å². The predicted octanol–water partition coefficient (Wildman–Crippen LogP) is 4.33. The van der Waals surface area contributed by atoms with Crippen LogP contribution in [-0.2, 0) is 11.2 Å². The second-order valence-corrected chi connectivity index (χ2v) is 7.58. The fourth-order valence-electron chi connectivity index (χ4n) is 3.78. The minimum absolute atomic E-state index is 0. The molecule has 33 heavy (non-hydrogen) atoms. The molecule has 1 amide bonds. The van der Waals surface area contributed by atoms with E-state index >= 15 is 0 Å². The predicted molar refractivity (Wildman–Crippen MR) is 144 cm³/mol. The number of halogens is 1. The third-order valence-corrected chi connectivity index (χ3v) is 5.23. The van der Waals surface area contributed by atoms with Crippen molar-refractivity contribution >= 4 is 41.5 Å². The lowest BCUT2D eigenvalue weighted by Gasteiger charge is -2.24. The summed E-state index contributed by atoms with van der Waals surface area (Å²) in [7, 11) is 0. The van der Waals surface area contributed by atoms with E-state index in [1.165, 1.54) is 0 Å². The Labute approximate surface area is 213 Å². The van der Waals surface area contributed by atoms with Gasteiger partial charge in [0.05, 0.1) is 19.8 Å². The first-order valence-electron chi connectivity index (χ1n) is 11.4. The summed E-state index contributed by atoms with van der Waals surface area (Å²) < 4.78 is 11.4. The van der Waals surface area contributed by atoms with E-state index in [1.54, 1.807) is 0 Å². The molecule has 180 valence electrons. The third kappa shape index (κ3) is 7.80.